The van der Waals surface area contributed by atoms with Crippen molar-refractivity contribution in [1.82, 2.24) is 9.88 Å². The van der Waals surface area contributed by atoms with Crippen molar-refractivity contribution in [2.75, 3.05) is 13.1 Å². The summed E-state index contributed by atoms with van der Waals surface area (Å²) < 4.78 is 2.52. The van der Waals surface area contributed by atoms with E-state index in [0.29, 0.717) is 5.41 Å². The molecule has 0 spiro atoms. The molecule has 0 atom stereocenters. The van der Waals surface area contributed by atoms with Crippen LogP contribution in [0.2, 0.25) is 0 Å². The number of hydrogen-bond acceptors (Lipinski definition) is 1. The van der Waals surface area contributed by atoms with Crippen LogP contribution in [-0.2, 0) is 12.0 Å². The van der Waals surface area contributed by atoms with E-state index < -0.39 is 0 Å². The zero-order valence-electron chi connectivity index (χ0n) is 11.4. The number of nitrogens with one attached hydrogen (secondary N) is 1. The maximum atomic E-state index is 3.54. The average molecular weight is 242 g/mol. The summed E-state index contributed by atoms with van der Waals surface area (Å²) in [5.41, 5.74) is 6.76. The third kappa shape index (κ3) is 1.45. The number of aromatic nitrogens is 1. The Labute approximate surface area is 109 Å². The predicted octanol–water partition coefficient (Wildman–Crippen LogP) is 3.03. The van der Waals surface area contributed by atoms with Gasteiger partial charge in [-0.3, -0.25) is 0 Å². The summed E-state index contributed by atoms with van der Waals surface area (Å²) in [5.74, 6) is 0.867. The molecular weight excluding hydrogens is 220 g/mol. The molecule has 0 bridgehead atoms. The maximum Gasteiger partial charge on any atom is 0.0490 e. The summed E-state index contributed by atoms with van der Waals surface area (Å²) >= 11 is 0. The lowest BCUT2D eigenvalue weighted by Gasteiger charge is -2.31. The zero-order chi connectivity index (χ0) is 12.3. The second-order valence-corrected chi connectivity index (χ2v) is 6.77. The minimum absolute atomic E-state index is 0.326. The molecule has 0 unspecified atom stereocenters. The van der Waals surface area contributed by atoms with Gasteiger partial charge in [-0.25, -0.2) is 0 Å². The van der Waals surface area contributed by atoms with E-state index in [-0.39, 0.29) is 0 Å². The van der Waals surface area contributed by atoms with Gasteiger partial charge in [0.25, 0.3) is 0 Å². The molecular formula is C16H22N2. The van der Waals surface area contributed by atoms with Gasteiger partial charge in [0, 0.05) is 31.5 Å². The third-order valence-corrected chi connectivity index (χ3v) is 4.81. The lowest BCUT2D eigenvalue weighted by atomic mass is 9.74. The maximum absolute atomic E-state index is 3.54. The molecule has 0 amide bonds. The predicted molar refractivity (Wildman–Crippen MR) is 74.9 cm³/mol. The van der Waals surface area contributed by atoms with Crippen LogP contribution in [0.4, 0.5) is 0 Å². The molecule has 2 nitrogen and oxygen atoms in total. The fourth-order valence-corrected chi connectivity index (χ4v) is 3.67. The average Bonchev–Trinajstić information content (AvgIpc) is 3.11. The van der Waals surface area contributed by atoms with Crippen molar-refractivity contribution in [3.63, 3.8) is 0 Å². The number of nitrogens with zero attached hydrogens (tertiary/aromatic N) is 1. The highest BCUT2D eigenvalue weighted by Crippen LogP contribution is 2.50. The van der Waals surface area contributed by atoms with Crippen LogP contribution in [0, 0.1) is 0 Å². The van der Waals surface area contributed by atoms with Crippen LogP contribution in [-0.4, -0.2) is 17.7 Å². The summed E-state index contributed by atoms with van der Waals surface area (Å²) in [5, 5.41) is 3.54. The first kappa shape index (κ1) is 10.9. The summed E-state index contributed by atoms with van der Waals surface area (Å²) in [6.45, 7) is 8.12. The van der Waals surface area contributed by atoms with E-state index in [2.05, 4.69) is 36.0 Å². The van der Waals surface area contributed by atoms with Crippen LogP contribution in [0.25, 0.3) is 5.57 Å². The molecule has 1 aliphatic heterocycles. The second kappa shape index (κ2) is 3.51. The second-order valence-electron chi connectivity index (χ2n) is 6.77. The number of hydrogen-bond donors (Lipinski definition) is 1. The lowest BCUT2D eigenvalue weighted by molar-refractivity contribution is 0.519. The Morgan fingerprint density at radius 3 is 2.94 bits per heavy atom. The Morgan fingerprint density at radius 1 is 1.33 bits per heavy atom. The van der Waals surface area contributed by atoms with E-state index in [0.717, 1.165) is 25.6 Å². The molecule has 2 heteroatoms. The van der Waals surface area contributed by atoms with Crippen molar-refractivity contribution in [3.05, 3.63) is 29.1 Å². The van der Waals surface area contributed by atoms with E-state index in [1.54, 1.807) is 16.8 Å². The summed E-state index contributed by atoms with van der Waals surface area (Å²) in [6.07, 6.45) is 8.94. The largest absolute Gasteiger partial charge is 0.346 e. The standard InChI is InChI=1S/C16H22N2/c1-16(2)6-5-12-9-17-7-8-18-10-13(11-3-4-11)14(16)15(12)18/h5,10-11,17H,3-4,6-9H2,1-2H3. The monoisotopic (exact) mass is 242 g/mol. The van der Waals surface area contributed by atoms with Gasteiger partial charge >= 0.3 is 0 Å². The fraction of sp³-hybridized carbons (Fsp3) is 0.625. The van der Waals surface area contributed by atoms with E-state index in [4.69, 9.17) is 0 Å². The van der Waals surface area contributed by atoms with E-state index >= 15 is 0 Å². The van der Waals surface area contributed by atoms with E-state index in [9.17, 15) is 0 Å². The van der Waals surface area contributed by atoms with E-state index in [1.807, 2.05) is 0 Å². The van der Waals surface area contributed by atoms with Crippen molar-refractivity contribution < 1.29 is 0 Å². The topological polar surface area (TPSA) is 17.0 Å². The first-order valence-electron chi connectivity index (χ1n) is 7.30. The molecule has 96 valence electrons. The van der Waals surface area contributed by atoms with Crippen molar-refractivity contribution in [2.45, 2.75) is 51.0 Å². The normalized spacial score (nSPS) is 25.3. The van der Waals surface area contributed by atoms with E-state index in [1.165, 1.54) is 24.8 Å². The Balaban J connectivity index is 1.97. The molecule has 3 aliphatic rings. The van der Waals surface area contributed by atoms with Crippen LogP contribution in [0.15, 0.2) is 12.3 Å². The Kier molecular flexibility index (Phi) is 2.12. The third-order valence-electron chi connectivity index (χ3n) is 4.81. The highest BCUT2D eigenvalue weighted by atomic mass is 15.0. The highest BCUT2D eigenvalue weighted by Gasteiger charge is 2.38. The molecule has 2 aliphatic carbocycles. The SMILES string of the molecule is CC1(C)CC=C2CNCCn3cc(C4CC4)c1c32. The molecule has 0 radical (unpaired) electrons. The highest BCUT2D eigenvalue weighted by molar-refractivity contribution is 5.73. The van der Waals surface area contributed by atoms with Gasteiger partial charge in [0.1, 0.15) is 0 Å². The molecule has 1 saturated carbocycles. The minimum Gasteiger partial charge on any atom is -0.346 e. The Bertz CT molecular complexity index is 530. The van der Waals surface area contributed by atoms with Crippen LogP contribution in [0.3, 0.4) is 0 Å². The smallest absolute Gasteiger partial charge is 0.0490 e. The van der Waals surface area contributed by atoms with Gasteiger partial charge < -0.3 is 9.88 Å². The van der Waals surface area contributed by atoms with Crippen LogP contribution < -0.4 is 5.32 Å². The van der Waals surface area contributed by atoms with Crippen LogP contribution in [0.5, 0.6) is 0 Å². The molecule has 2 heterocycles. The van der Waals surface area contributed by atoms with Gasteiger partial charge in [0.15, 0.2) is 0 Å². The molecule has 1 aromatic heterocycles. The first-order chi connectivity index (χ1) is 8.67. The van der Waals surface area contributed by atoms with Gasteiger partial charge in [-0.05, 0) is 47.3 Å². The summed E-state index contributed by atoms with van der Waals surface area (Å²) in [7, 11) is 0. The van der Waals surface area contributed by atoms with Crippen molar-refractivity contribution in [2.24, 2.45) is 0 Å². The first-order valence-corrected chi connectivity index (χ1v) is 7.30. The molecule has 1 aromatic rings. The summed E-state index contributed by atoms with van der Waals surface area (Å²) in [4.78, 5) is 0. The van der Waals surface area contributed by atoms with Gasteiger partial charge in [0.2, 0.25) is 0 Å². The molecule has 4 rings (SSSR count). The molecule has 0 aromatic carbocycles. The van der Waals surface area contributed by atoms with Crippen LogP contribution >= 0.6 is 0 Å². The van der Waals surface area contributed by atoms with Crippen molar-refractivity contribution in [1.29, 1.82) is 0 Å². The quantitative estimate of drug-likeness (QED) is 0.801. The van der Waals surface area contributed by atoms with Crippen LogP contribution in [0.1, 0.15) is 55.8 Å². The number of allylic oxidation sites excluding steroid dienone is 1. The Morgan fingerprint density at radius 2 is 2.17 bits per heavy atom. The van der Waals surface area contributed by atoms with Gasteiger partial charge in [-0.15, -0.1) is 0 Å². The summed E-state index contributed by atoms with van der Waals surface area (Å²) in [6, 6.07) is 0. The molecule has 18 heavy (non-hydrogen) atoms. The Hall–Kier alpha value is -1.02. The van der Waals surface area contributed by atoms with Gasteiger partial charge in [-0.1, -0.05) is 19.9 Å². The molecule has 1 fully saturated rings. The zero-order valence-corrected chi connectivity index (χ0v) is 11.4. The number of rotatable bonds is 1. The minimum atomic E-state index is 0.326. The van der Waals surface area contributed by atoms with Crippen molar-refractivity contribution in [3.8, 4) is 0 Å². The van der Waals surface area contributed by atoms with Crippen molar-refractivity contribution >= 4 is 5.57 Å². The fourth-order valence-electron chi connectivity index (χ4n) is 3.67. The van der Waals surface area contributed by atoms with Gasteiger partial charge in [-0.2, -0.15) is 0 Å². The molecule has 1 N–H and O–H groups in total. The van der Waals surface area contributed by atoms with Gasteiger partial charge in [0.05, 0.1) is 0 Å². The molecule has 0 saturated heterocycles. The lowest BCUT2D eigenvalue weighted by Crippen LogP contribution is -2.24.